The Morgan fingerprint density at radius 3 is 2.85 bits per heavy atom. The second kappa shape index (κ2) is 3.40. The Morgan fingerprint density at radius 2 is 2.23 bits per heavy atom. The van der Waals surface area contributed by atoms with Crippen LogP contribution < -0.4 is 5.32 Å². The minimum absolute atomic E-state index is 0.291. The van der Waals surface area contributed by atoms with Gasteiger partial charge in [-0.25, -0.2) is 8.78 Å². The van der Waals surface area contributed by atoms with Crippen LogP contribution in [0, 0.1) is 11.6 Å². The zero-order chi connectivity index (χ0) is 9.26. The summed E-state index contributed by atoms with van der Waals surface area (Å²) in [6.07, 6.45) is -0.291. The van der Waals surface area contributed by atoms with E-state index in [4.69, 9.17) is 4.74 Å². The molecule has 2 nitrogen and oxygen atoms in total. The molecule has 0 radical (unpaired) electrons. The van der Waals surface area contributed by atoms with Crippen molar-refractivity contribution in [2.75, 3.05) is 13.3 Å². The lowest BCUT2D eigenvalue weighted by Crippen LogP contribution is -2.09. The lowest BCUT2D eigenvalue weighted by atomic mass is 10.1. The average molecular weight is 185 g/mol. The van der Waals surface area contributed by atoms with Crippen LogP contribution >= 0.6 is 0 Å². The molecule has 0 amide bonds. The van der Waals surface area contributed by atoms with Crippen molar-refractivity contribution in [2.45, 2.75) is 6.10 Å². The molecule has 1 aliphatic rings. The van der Waals surface area contributed by atoms with E-state index < -0.39 is 11.6 Å². The van der Waals surface area contributed by atoms with Gasteiger partial charge in [0.15, 0.2) is 0 Å². The fraction of sp³-hybridized carbons (Fsp3) is 0.333. The first kappa shape index (κ1) is 8.59. The summed E-state index contributed by atoms with van der Waals surface area (Å²) in [6, 6.07) is 3.53. The van der Waals surface area contributed by atoms with Gasteiger partial charge in [0.25, 0.3) is 0 Å². The standard InChI is InChI=1S/C9H9F2NO/c10-6-1-2-7(8(11)3-6)9-4-12-5-13-9/h1-3,9,12H,4-5H2. The van der Waals surface area contributed by atoms with Crippen molar-refractivity contribution in [1.29, 1.82) is 0 Å². The quantitative estimate of drug-likeness (QED) is 0.717. The van der Waals surface area contributed by atoms with Crippen LogP contribution in [0.1, 0.15) is 11.7 Å². The van der Waals surface area contributed by atoms with E-state index >= 15 is 0 Å². The van der Waals surface area contributed by atoms with Gasteiger partial charge < -0.3 is 4.74 Å². The summed E-state index contributed by atoms with van der Waals surface area (Å²) in [7, 11) is 0. The zero-order valence-electron chi connectivity index (χ0n) is 6.89. The van der Waals surface area contributed by atoms with Gasteiger partial charge in [0, 0.05) is 18.2 Å². The van der Waals surface area contributed by atoms with Crippen molar-refractivity contribution in [1.82, 2.24) is 5.32 Å². The van der Waals surface area contributed by atoms with Gasteiger partial charge in [-0.2, -0.15) is 0 Å². The van der Waals surface area contributed by atoms with Gasteiger partial charge in [-0.05, 0) is 6.07 Å². The molecule has 0 aliphatic carbocycles. The van der Waals surface area contributed by atoms with Crippen molar-refractivity contribution in [2.24, 2.45) is 0 Å². The van der Waals surface area contributed by atoms with Gasteiger partial charge in [0.05, 0.1) is 12.8 Å². The third-order valence-corrected chi connectivity index (χ3v) is 2.03. The summed E-state index contributed by atoms with van der Waals surface area (Å²) in [6.45, 7) is 0.990. The van der Waals surface area contributed by atoms with Gasteiger partial charge in [0.2, 0.25) is 0 Å². The normalized spacial score (nSPS) is 22.2. The van der Waals surface area contributed by atoms with Gasteiger partial charge >= 0.3 is 0 Å². The Kier molecular flexibility index (Phi) is 2.24. The molecule has 1 unspecified atom stereocenters. The number of ether oxygens (including phenoxy) is 1. The molecule has 1 heterocycles. The summed E-state index contributed by atoms with van der Waals surface area (Å²) in [5, 5.41) is 2.93. The van der Waals surface area contributed by atoms with Crippen molar-refractivity contribution >= 4 is 0 Å². The summed E-state index contributed by atoms with van der Waals surface area (Å²) in [4.78, 5) is 0. The first-order valence-electron chi connectivity index (χ1n) is 4.04. The van der Waals surface area contributed by atoms with E-state index in [0.29, 0.717) is 18.8 Å². The lowest BCUT2D eigenvalue weighted by Gasteiger charge is -2.09. The van der Waals surface area contributed by atoms with Crippen LogP contribution in [0.3, 0.4) is 0 Å². The number of nitrogens with one attached hydrogen (secondary N) is 1. The number of hydrogen-bond acceptors (Lipinski definition) is 2. The topological polar surface area (TPSA) is 21.3 Å². The van der Waals surface area contributed by atoms with Crippen LogP contribution in [0.2, 0.25) is 0 Å². The molecule has 1 atom stereocenters. The Bertz CT molecular complexity index is 310. The molecule has 1 saturated heterocycles. The molecule has 70 valence electrons. The SMILES string of the molecule is Fc1ccc(C2CNCO2)c(F)c1. The predicted octanol–water partition coefficient (Wildman–Crippen LogP) is 1.58. The van der Waals surface area contributed by atoms with Crippen LogP contribution in [-0.4, -0.2) is 13.3 Å². The monoisotopic (exact) mass is 185 g/mol. The fourth-order valence-electron chi connectivity index (χ4n) is 1.37. The number of rotatable bonds is 1. The summed E-state index contributed by atoms with van der Waals surface area (Å²) < 4.78 is 30.9. The van der Waals surface area contributed by atoms with Crippen LogP contribution in [-0.2, 0) is 4.74 Å². The molecule has 1 aromatic carbocycles. The molecular formula is C9H9F2NO. The molecule has 0 bridgehead atoms. The summed E-state index contributed by atoms with van der Waals surface area (Å²) >= 11 is 0. The highest BCUT2D eigenvalue weighted by Gasteiger charge is 2.20. The van der Waals surface area contributed by atoms with E-state index in [1.165, 1.54) is 12.1 Å². The fourth-order valence-corrected chi connectivity index (χ4v) is 1.37. The molecule has 2 rings (SSSR count). The minimum atomic E-state index is -0.563. The third-order valence-electron chi connectivity index (χ3n) is 2.03. The molecule has 13 heavy (non-hydrogen) atoms. The molecule has 1 fully saturated rings. The molecule has 1 N–H and O–H groups in total. The molecule has 0 saturated carbocycles. The Morgan fingerprint density at radius 1 is 1.38 bits per heavy atom. The minimum Gasteiger partial charge on any atom is -0.357 e. The van der Waals surface area contributed by atoms with E-state index in [-0.39, 0.29) is 6.10 Å². The Balaban J connectivity index is 2.29. The highest BCUT2D eigenvalue weighted by molar-refractivity contribution is 5.21. The van der Waals surface area contributed by atoms with E-state index in [0.717, 1.165) is 6.07 Å². The predicted molar refractivity (Wildman–Crippen MR) is 43.1 cm³/mol. The van der Waals surface area contributed by atoms with Gasteiger partial charge in [-0.3, -0.25) is 5.32 Å². The maximum atomic E-state index is 13.2. The number of benzene rings is 1. The first-order chi connectivity index (χ1) is 6.27. The van der Waals surface area contributed by atoms with Gasteiger partial charge in [-0.1, -0.05) is 6.07 Å². The number of halogens is 2. The molecule has 1 aliphatic heterocycles. The van der Waals surface area contributed by atoms with Gasteiger partial charge in [0.1, 0.15) is 11.6 Å². The smallest absolute Gasteiger partial charge is 0.131 e. The van der Waals surface area contributed by atoms with Crippen LogP contribution in [0.5, 0.6) is 0 Å². The Labute approximate surface area is 74.5 Å². The van der Waals surface area contributed by atoms with Crippen molar-refractivity contribution in [3.05, 3.63) is 35.4 Å². The van der Waals surface area contributed by atoms with E-state index in [2.05, 4.69) is 5.32 Å². The molecular weight excluding hydrogens is 176 g/mol. The summed E-state index contributed by atoms with van der Waals surface area (Å²) in [5.41, 5.74) is 0.409. The number of hydrogen-bond donors (Lipinski definition) is 1. The first-order valence-corrected chi connectivity index (χ1v) is 4.04. The molecule has 0 spiro atoms. The van der Waals surface area contributed by atoms with Crippen LogP contribution in [0.4, 0.5) is 8.78 Å². The van der Waals surface area contributed by atoms with E-state index in [1.54, 1.807) is 0 Å². The summed E-state index contributed by atoms with van der Waals surface area (Å²) in [5.74, 6) is -1.11. The second-order valence-electron chi connectivity index (χ2n) is 2.92. The second-order valence-corrected chi connectivity index (χ2v) is 2.92. The van der Waals surface area contributed by atoms with Gasteiger partial charge in [-0.15, -0.1) is 0 Å². The van der Waals surface area contributed by atoms with E-state index in [1.807, 2.05) is 0 Å². The zero-order valence-corrected chi connectivity index (χ0v) is 6.89. The highest BCUT2D eigenvalue weighted by Crippen LogP contribution is 2.22. The third kappa shape index (κ3) is 1.68. The maximum Gasteiger partial charge on any atom is 0.131 e. The molecule has 0 aromatic heterocycles. The molecule has 1 aromatic rings. The molecule has 4 heteroatoms. The van der Waals surface area contributed by atoms with E-state index in [9.17, 15) is 8.78 Å². The maximum absolute atomic E-state index is 13.2. The highest BCUT2D eigenvalue weighted by atomic mass is 19.1. The van der Waals surface area contributed by atoms with Crippen molar-refractivity contribution < 1.29 is 13.5 Å². The van der Waals surface area contributed by atoms with Crippen LogP contribution in [0.15, 0.2) is 18.2 Å². The largest absolute Gasteiger partial charge is 0.357 e. The van der Waals surface area contributed by atoms with Crippen molar-refractivity contribution in [3.8, 4) is 0 Å². The lowest BCUT2D eigenvalue weighted by molar-refractivity contribution is 0.111. The van der Waals surface area contributed by atoms with Crippen molar-refractivity contribution in [3.63, 3.8) is 0 Å². The average Bonchev–Trinajstić information content (AvgIpc) is 2.56. The van der Waals surface area contributed by atoms with Crippen LogP contribution in [0.25, 0.3) is 0 Å². The Hall–Kier alpha value is -1.00.